The second-order valence-corrected chi connectivity index (χ2v) is 6.75. The van der Waals surface area contributed by atoms with Gasteiger partial charge in [0.05, 0.1) is 0 Å². The van der Waals surface area contributed by atoms with Crippen LogP contribution in [0.5, 0.6) is 0 Å². The zero-order valence-electron chi connectivity index (χ0n) is 16.3. The lowest BCUT2D eigenvalue weighted by atomic mass is 10.1. The van der Waals surface area contributed by atoms with Crippen LogP contribution >= 0.6 is 0 Å². The lowest BCUT2D eigenvalue weighted by Crippen LogP contribution is -2.19. The van der Waals surface area contributed by atoms with E-state index in [2.05, 4.69) is 16.0 Å². The normalized spacial score (nSPS) is 10.5. The second-order valence-electron chi connectivity index (χ2n) is 6.75. The Hall–Kier alpha value is -2.37. The van der Waals surface area contributed by atoms with Gasteiger partial charge in [-0.1, -0.05) is 40.5 Å². The minimum Gasteiger partial charge on any atom is -0.326 e. The first kappa shape index (κ1) is 21.7. The predicted molar refractivity (Wildman–Crippen MR) is 106 cm³/mol. The molecule has 0 saturated heterocycles. The van der Waals surface area contributed by atoms with Crippen molar-refractivity contribution in [1.29, 1.82) is 0 Å². The summed E-state index contributed by atoms with van der Waals surface area (Å²) in [6.45, 7) is 7.66. The molecule has 6 nitrogen and oxygen atoms in total. The molecule has 0 bridgehead atoms. The predicted octanol–water partition coefficient (Wildman–Crippen LogP) is 4.54. The summed E-state index contributed by atoms with van der Waals surface area (Å²) in [6, 6.07) is 5.11. The molecule has 3 amide bonds. The first-order chi connectivity index (χ1) is 12.3. The number of carbonyl (C=O) groups is 3. The summed E-state index contributed by atoms with van der Waals surface area (Å²) in [5.74, 6) is -0.451. The van der Waals surface area contributed by atoms with E-state index in [9.17, 15) is 14.4 Å². The lowest BCUT2D eigenvalue weighted by molar-refractivity contribution is -0.119. The summed E-state index contributed by atoms with van der Waals surface area (Å²) in [7, 11) is 0. The molecule has 0 unspecified atom stereocenters. The van der Waals surface area contributed by atoms with Crippen molar-refractivity contribution in [3.63, 3.8) is 0 Å². The highest BCUT2D eigenvalue weighted by molar-refractivity contribution is 5.98. The standard InChI is InChI=1S/C20H31N3O3/c1-5-7-9-18(24)21-15-11-16(22-19(25)10-8-6-2)13-17(12-15)23-20(26)14(3)4/h11-14H,5-10H2,1-4H3,(H,21,24)(H,22,25)(H,23,26). The van der Waals surface area contributed by atoms with Crippen molar-refractivity contribution in [3.8, 4) is 0 Å². The Morgan fingerprint density at radius 2 is 1.15 bits per heavy atom. The maximum atomic E-state index is 12.0. The van der Waals surface area contributed by atoms with Crippen molar-refractivity contribution >= 4 is 34.8 Å². The summed E-state index contributed by atoms with van der Waals surface area (Å²) in [4.78, 5) is 36.0. The summed E-state index contributed by atoms with van der Waals surface area (Å²) in [5, 5.41) is 8.48. The Kier molecular flexibility index (Phi) is 9.41. The Morgan fingerprint density at radius 3 is 1.50 bits per heavy atom. The van der Waals surface area contributed by atoms with Crippen LogP contribution in [0.3, 0.4) is 0 Å². The number of hydrogen-bond donors (Lipinski definition) is 3. The molecule has 0 fully saturated rings. The number of rotatable bonds is 10. The van der Waals surface area contributed by atoms with E-state index in [1.165, 1.54) is 0 Å². The van der Waals surface area contributed by atoms with E-state index < -0.39 is 0 Å². The third-order valence-corrected chi connectivity index (χ3v) is 3.81. The van der Waals surface area contributed by atoms with Crippen molar-refractivity contribution < 1.29 is 14.4 Å². The molecule has 0 heterocycles. The van der Waals surface area contributed by atoms with Gasteiger partial charge in [-0.2, -0.15) is 0 Å². The number of carbonyl (C=O) groups excluding carboxylic acids is 3. The van der Waals surface area contributed by atoms with E-state index in [1.54, 1.807) is 32.0 Å². The number of anilines is 3. The van der Waals surface area contributed by atoms with E-state index in [-0.39, 0.29) is 23.6 Å². The molecule has 0 aliphatic carbocycles. The third kappa shape index (κ3) is 8.14. The Labute approximate surface area is 156 Å². The fourth-order valence-corrected chi connectivity index (χ4v) is 2.25. The van der Waals surface area contributed by atoms with Crippen LogP contribution in [-0.2, 0) is 14.4 Å². The Balaban J connectivity index is 2.95. The van der Waals surface area contributed by atoms with Gasteiger partial charge in [0.25, 0.3) is 0 Å². The van der Waals surface area contributed by atoms with Gasteiger partial charge < -0.3 is 16.0 Å². The van der Waals surface area contributed by atoms with Crippen LogP contribution < -0.4 is 16.0 Å². The minimum absolute atomic E-state index is 0.0811. The van der Waals surface area contributed by atoms with E-state index >= 15 is 0 Å². The van der Waals surface area contributed by atoms with Crippen LogP contribution in [-0.4, -0.2) is 17.7 Å². The molecular formula is C20H31N3O3. The maximum absolute atomic E-state index is 12.0. The van der Waals surface area contributed by atoms with Crippen LogP contribution in [0.4, 0.5) is 17.1 Å². The summed E-state index contributed by atoms with van der Waals surface area (Å²) in [5.41, 5.74) is 1.65. The summed E-state index contributed by atoms with van der Waals surface area (Å²) >= 11 is 0. The quantitative estimate of drug-likeness (QED) is 0.572. The van der Waals surface area contributed by atoms with Gasteiger partial charge in [-0.3, -0.25) is 14.4 Å². The molecule has 0 atom stereocenters. The van der Waals surface area contributed by atoms with Crippen LogP contribution in [0.2, 0.25) is 0 Å². The van der Waals surface area contributed by atoms with Crippen molar-refractivity contribution in [3.05, 3.63) is 18.2 Å². The van der Waals surface area contributed by atoms with Gasteiger partial charge in [0.2, 0.25) is 17.7 Å². The maximum Gasteiger partial charge on any atom is 0.226 e. The molecule has 0 aromatic heterocycles. The van der Waals surface area contributed by atoms with E-state index in [1.807, 2.05) is 13.8 Å². The molecule has 0 saturated carbocycles. The van der Waals surface area contributed by atoms with Gasteiger partial charge in [-0.15, -0.1) is 0 Å². The first-order valence-corrected chi connectivity index (χ1v) is 9.41. The van der Waals surface area contributed by atoms with E-state index in [0.717, 1.165) is 25.7 Å². The zero-order chi connectivity index (χ0) is 19.5. The van der Waals surface area contributed by atoms with Gasteiger partial charge in [-0.25, -0.2) is 0 Å². The highest BCUT2D eigenvalue weighted by atomic mass is 16.2. The van der Waals surface area contributed by atoms with Crippen molar-refractivity contribution in [1.82, 2.24) is 0 Å². The van der Waals surface area contributed by atoms with E-state index in [0.29, 0.717) is 29.9 Å². The van der Waals surface area contributed by atoms with Gasteiger partial charge in [-0.05, 0) is 31.0 Å². The number of hydrogen-bond acceptors (Lipinski definition) is 3. The third-order valence-electron chi connectivity index (χ3n) is 3.81. The molecule has 0 aliphatic heterocycles. The second kappa shape index (κ2) is 11.3. The van der Waals surface area contributed by atoms with Gasteiger partial charge in [0.1, 0.15) is 0 Å². The van der Waals surface area contributed by atoms with E-state index in [4.69, 9.17) is 0 Å². The van der Waals surface area contributed by atoms with Crippen LogP contribution in [0.25, 0.3) is 0 Å². The highest BCUT2D eigenvalue weighted by Crippen LogP contribution is 2.24. The molecule has 0 spiro atoms. The van der Waals surface area contributed by atoms with Crippen LogP contribution in [0.15, 0.2) is 18.2 Å². The Morgan fingerprint density at radius 1 is 0.769 bits per heavy atom. The highest BCUT2D eigenvalue weighted by Gasteiger charge is 2.11. The summed E-state index contributed by atoms with van der Waals surface area (Å²) < 4.78 is 0. The number of unbranched alkanes of at least 4 members (excludes halogenated alkanes) is 2. The van der Waals surface area contributed by atoms with Crippen molar-refractivity contribution in [2.75, 3.05) is 16.0 Å². The molecule has 1 aromatic carbocycles. The zero-order valence-corrected chi connectivity index (χ0v) is 16.3. The molecule has 0 aliphatic rings. The Bertz CT molecular complexity index is 586. The van der Waals surface area contributed by atoms with Crippen molar-refractivity contribution in [2.24, 2.45) is 5.92 Å². The number of benzene rings is 1. The fraction of sp³-hybridized carbons (Fsp3) is 0.550. The minimum atomic E-state index is -0.166. The van der Waals surface area contributed by atoms with Crippen LogP contribution in [0, 0.1) is 5.92 Å². The first-order valence-electron chi connectivity index (χ1n) is 9.41. The monoisotopic (exact) mass is 361 g/mol. The number of amides is 3. The molecule has 0 radical (unpaired) electrons. The largest absolute Gasteiger partial charge is 0.326 e. The summed E-state index contributed by atoms with van der Waals surface area (Å²) in [6.07, 6.45) is 4.40. The molecule has 144 valence electrons. The molecule has 26 heavy (non-hydrogen) atoms. The van der Waals surface area contributed by atoms with Crippen molar-refractivity contribution in [2.45, 2.75) is 66.2 Å². The fourth-order valence-electron chi connectivity index (χ4n) is 2.25. The van der Waals surface area contributed by atoms with Gasteiger partial charge in [0, 0.05) is 35.8 Å². The number of nitrogens with one attached hydrogen (secondary N) is 3. The molecule has 1 rings (SSSR count). The molecule has 1 aromatic rings. The average molecular weight is 361 g/mol. The molecular weight excluding hydrogens is 330 g/mol. The molecule has 3 N–H and O–H groups in total. The van der Waals surface area contributed by atoms with Gasteiger partial charge in [0.15, 0.2) is 0 Å². The van der Waals surface area contributed by atoms with Crippen LogP contribution in [0.1, 0.15) is 66.2 Å². The lowest BCUT2D eigenvalue weighted by Gasteiger charge is -2.14. The SMILES string of the molecule is CCCCC(=O)Nc1cc(NC(=O)CCCC)cc(NC(=O)C(C)C)c1. The topological polar surface area (TPSA) is 87.3 Å². The average Bonchev–Trinajstić information content (AvgIpc) is 2.57. The molecule has 6 heteroatoms. The smallest absolute Gasteiger partial charge is 0.226 e. The van der Waals surface area contributed by atoms with Gasteiger partial charge >= 0.3 is 0 Å².